The van der Waals surface area contributed by atoms with E-state index in [0.29, 0.717) is 6.07 Å². The standard InChI is InChI=1S/C18H17F3N2O3S/c19-18(20,21)15-8-1-2-9-16(15)27(25,26)22-17(24)13-6-5-7-14(12-13)23-10-3-4-11-23/h1-2,5-9,12H,3-4,10-11H2,(H,22,24). The molecule has 144 valence electrons. The zero-order valence-electron chi connectivity index (χ0n) is 14.2. The highest BCUT2D eigenvalue weighted by Gasteiger charge is 2.37. The quantitative estimate of drug-likeness (QED) is 0.857. The zero-order chi connectivity index (χ0) is 19.7. The van der Waals surface area contributed by atoms with Crippen LogP contribution in [0.1, 0.15) is 28.8 Å². The Hall–Kier alpha value is -2.55. The van der Waals surface area contributed by atoms with Gasteiger partial charge in [0.1, 0.15) is 0 Å². The number of hydrogen-bond acceptors (Lipinski definition) is 4. The fraction of sp³-hybridized carbons (Fsp3) is 0.278. The summed E-state index contributed by atoms with van der Waals surface area (Å²) in [7, 11) is -4.69. The van der Waals surface area contributed by atoms with E-state index in [1.54, 1.807) is 16.9 Å². The summed E-state index contributed by atoms with van der Waals surface area (Å²) in [6.07, 6.45) is -2.80. The topological polar surface area (TPSA) is 66.5 Å². The maximum atomic E-state index is 13.1. The van der Waals surface area contributed by atoms with Gasteiger partial charge in [-0.1, -0.05) is 18.2 Å². The van der Waals surface area contributed by atoms with Crippen LogP contribution in [0.5, 0.6) is 0 Å². The van der Waals surface area contributed by atoms with Gasteiger partial charge in [-0.25, -0.2) is 13.1 Å². The molecule has 1 N–H and O–H groups in total. The van der Waals surface area contributed by atoms with E-state index in [1.165, 1.54) is 18.2 Å². The van der Waals surface area contributed by atoms with Gasteiger partial charge >= 0.3 is 6.18 Å². The molecular formula is C18H17F3N2O3S. The van der Waals surface area contributed by atoms with E-state index in [4.69, 9.17) is 0 Å². The highest BCUT2D eigenvalue weighted by Crippen LogP contribution is 2.34. The first-order valence-electron chi connectivity index (χ1n) is 8.27. The molecule has 9 heteroatoms. The van der Waals surface area contributed by atoms with E-state index in [1.807, 2.05) is 0 Å². The minimum atomic E-state index is -4.86. The molecule has 0 atom stereocenters. The van der Waals surface area contributed by atoms with Crippen molar-refractivity contribution >= 4 is 21.6 Å². The Labute approximate surface area is 154 Å². The first-order valence-corrected chi connectivity index (χ1v) is 9.75. The van der Waals surface area contributed by atoms with Crippen LogP contribution in [0.3, 0.4) is 0 Å². The van der Waals surface area contributed by atoms with Crippen LogP contribution in [0.2, 0.25) is 0 Å². The average Bonchev–Trinajstić information content (AvgIpc) is 3.15. The molecular weight excluding hydrogens is 381 g/mol. The maximum absolute atomic E-state index is 13.1. The molecule has 0 aliphatic carbocycles. The molecule has 0 bridgehead atoms. The molecule has 0 spiro atoms. The van der Waals surface area contributed by atoms with Gasteiger partial charge in [-0.15, -0.1) is 0 Å². The van der Waals surface area contributed by atoms with Gasteiger partial charge in [-0.05, 0) is 43.2 Å². The fourth-order valence-electron chi connectivity index (χ4n) is 2.99. The molecule has 1 aliphatic heterocycles. The highest BCUT2D eigenvalue weighted by atomic mass is 32.2. The fourth-order valence-corrected chi connectivity index (χ4v) is 4.19. The van der Waals surface area contributed by atoms with Crippen LogP contribution in [0.4, 0.5) is 18.9 Å². The van der Waals surface area contributed by atoms with Crippen molar-refractivity contribution in [3.63, 3.8) is 0 Å². The third kappa shape index (κ3) is 4.24. The molecule has 1 heterocycles. The number of anilines is 1. The molecule has 1 saturated heterocycles. The molecule has 0 radical (unpaired) electrons. The average molecular weight is 398 g/mol. The van der Waals surface area contributed by atoms with Gasteiger partial charge in [-0.3, -0.25) is 4.79 Å². The Morgan fingerprint density at radius 3 is 2.33 bits per heavy atom. The van der Waals surface area contributed by atoms with Gasteiger partial charge in [0.25, 0.3) is 15.9 Å². The van der Waals surface area contributed by atoms with Gasteiger partial charge in [0.2, 0.25) is 0 Å². The van der Waals surface area contributed by atoms with E-state index in [-0.39, 0.29) is 5.56 Å². The molecule has 5 nitrogen and oxygen atoms in total. The Balaban J connectivity index is 1.87. The smallest absolute Gasteiger partial charge is 0.372 e. The minimum Gasteiger partial charge on any atom is -0.372 e. The van der Waals surface area contributed by atoms with Gasteiger partial charge in [-0.2, -0.15) is 13.2 Å². The molecule has 2 aromatic rings. The molecule has 0 unspecified atom stereocenters. The van der Waals surface area contributed by atoms with Crippen molar-refractivity contribution < 1.29 is 26.4 Å². The van der Waals surface area contributed by atoms with Gasteiger partial charge in [0.05, 0.1) is 10.5 Å². The summed E-state index contributed by atoms with van der Waals surface area (Å²) in [5.41, 5.74) is -0.489. The van der Waals surface area contributed by atoms with E-state index in [2.05, 4.69) is 4.90 Å². The van der Waals surface area contributed by atoms with E-state index in [0.717, 1.165) is 43.8 Å². The lowest BCUT2D eigenvalue weighted by molar-refractivity contribution is -0.139. The van der Waals surface area contributed by atoms with Crippen LogP contribution >= 0.6 is 0 Å². The summed E-state index contributed by atoms with van der Waals surface area (Å²) in [5, 5.41) is 0. The third-order valence-corrected chi connectivity index (χ3v) is 5.68. The number of halogens is 3. The van der Waals surface area contributed by atoms with E-state index < -0.39 is 32.6 Å². The lowest BCUT2D eigenvalue weighted by Crippen LogP contribution is -2.32. The first-order chi connectivity index (χ1) is 12.7. The summed E-state index contributed by atoms with van der Waals surface area (Å²) in [6, 6.07) is 10.1. The number of nitrogens with one attached hydrogen (secondary N) is 1. The molecule has 1 aliphatic rings. The van der Waals surface area contributed by atoms with Crippen molar-refractivity contribution in [2.45, 2.75) is 23.9 Å². The third-order valence-electron chi connectivity index (χ3n) is 4.29. The monoisotopic (exact) mass is 398 g/mol. The Morgan fingerprint density at radius 2 is 1.67 bits per heavy atom. The number of alkyl halides is 3. The summed E-state index contributed by atoms with van der Waals surface area (Å²) in [5.74, 6) is -0.979. The number of hydrogen-bond donors (Lipinski definition) is 1. The van der Waals surface area contributed by atoms with Crippen LogP contribution in [-0.2, 0) is 16.2 Å². The van der Waals surface area contributed by atoms with E-state index >= 15 is 0 Å². The number of nitrogens with zero attached hydrogens (tertiary/aromatic N) is 1. The Kier molecular flexibility index (Phi) is 5.14. The predicted octanol–water partition coefficient (Wildman–Crippen LogP) is 3.42. The number of carbonyl (C=O) groups excluding carboxylic acids is 1. The van der Waals surface area contributed by atoms with Crippen molar-refractivity contribution in [1.29, 1.82) is 0 Å². The lowest BCUT2D eigenvalue weighted by atomic mass is 10.2. The first kappa shape index (κ1) is 19.2. The maximum Gasteiger partial charge on any atom is 0.417 e. The van der Waals surface area contributed by atoms with E-state index in [9.17, 15) is 26.4 Å². The molecule has 1 fully saturated rings. The van der Waals surface area contributed by atoms with Crippen molar-refractivity contribution in [2.75, 3.05) is 18.0 Å². The van der Waals surface area contributed by atoms with Gasteiger partial charge < -0.3 is 4.90 Å². The predicted molar refractivity (Wildman–Crippen MR) is 94.0 cm³/mol. The van der Waals surface area contributed by atoms with Gasteiger partial charge in [0, 0.05) is 24.3 Å². The van der Waals surface area contributed by atoms with Gasteiger partial charge in [0.15, 0.2) is 0 Å². The second-order valence-corrected chi connectivity index (χ2v) is 7.82. The molecule has 1 amide bonds. The molecule has 0 aromatic heterocycles. The number of amides is 1. The van der Waals surface area contributed by atoms with Crippen LogP contribution in [0, 0.1) is 0 Å². The Morgan fingerprint density at radius 1 is 1.00 bits per heavy atom. The number of carbonyl (C=O) groups is 1. The van der Waals surface area contributed by atoms with Crippen molar-refractivity contribution in [2.24, 2.45) is 0 Å². The summed E-state index contributed by atoms with van der Waals surface area (Å²) < 4.78 is 65.7. The largest absolute Gasteiger partial charge is 0.417 e. The van der Waals surface area contributed by atoms with Crippen molar-refractivity contribution in [1.82, 2.24) is 4.72 Å². The zero-order valence-corrected chi connectivity index (χ0v) is 15.0. The minimum absolute atomic E-state index is 0.0625. The Bertz CT molecular complexity index is 952. The molecule has 3 rings (SSSR count). The highest BCUT2D eigenvalue weighted by molar-refractivity contribution is 7.90. The van der Waals surface area contributed by atoms with Crippen molar-refractivity contribution in [3.05, 3.63) is 59.7 Å². The van der Waals surface area contributed by atoms with Crippen LogP contribution in [0.15, 0.2) is 53.4 Å². The molecule has 27 heavy (non-hydrogen) atoms. The number of sulfonamides is 1. The number of benzene rings is 2. The second kappa shape index (κ2) is 7.22. The summed E-state index contributed by atoms with van der Waals surface area (Å²) in [6.45, 7) is 1.67. The van der Waals surface area contributed by atoms with Crippen molar-refractivity contribution in [3.8, 4) is 0 Å². The molecule has 0 saturated carbocycles. The van der Waals surface area contributed by atoms with Crippen LogP contribution in [-0.4, -0.2) is 27.4 Å². The summed E-state index contributed by atoms with van der Waals surface area (Å²) >= 11 is 0. The van der Waals surface area contributed by atoms with Crippen LogP contribution < -0.4 is 9.62 Å². The SMILES string of the molecule is O=C(NS(=O)(=O)c1ccccc1C(F)(F)F)c1cccc(N2CCCC2)c1. The normalized spacial score (nSPS) is 15.0. The lowest BCUT2D eigenvalue weighted by Gasteiger charge is -2.18. The number of rotatable bonds is 4. The summed E-state index contributed by atoms with van der Waals surface area (Å²) in [4.78, 5) is 13.4. The van der Waals surface area contributed by atoms with Crippen LogP contribution in [0.25, 0.3) is 0 Å². The molecule has 2 aromatic carbocycles. The second-order valence-electron chi connectivity index (χ2n) is 6.17.